The van der Waals surface area contributed by atoms with Gasteiger partial charge in [-0.25, -0.2) is 4.79 Å². The van der Waals surface area contributed by atoms with E-state index in [4.69, 9.17) is 5.26 Å². The lowest BCUT2D eigenvalue weighted by atomic mass is 10.1. The molecular formula is C13H11F2NO3. The van der Waals surface area contributed by atoms with Crippen LogP contribution in [0.25, 0.3) is 6.08 Å². The topological polar surface area (TPSA) is 59.3 Å². The molecule has 0 aliphatic rings. The second kappa shape index (κ2) is 7.11. The normalized spacial score (nSPS) is 11.0. The first-order valence-electron chi connectivity index (χ1n) is 5.40. The largest absolute Gasteiger partial charge is 0.462 e. The molecule has 6 heteroatoms. The summed E-state index contributed by atoms with van der Waals surface area (Å²) in [6.45, 7) is -1.10. The summed E-state index contributed by atoms with van der Waals surface area (Å²) in [5.41, 5.74) is 0.343. The SMILES string of the molecule is CCOC(=O)C(C#N)=Cc1ccc(OC(F)F)cc1. The zero-order valence-corrected chi connectivity index (χ0v) is 10.1. The molecule has 0 radical (unpaired) electrons. The molecule has 0 atom stereocenters. The lowest BCUT2D eigenvalue weighted by molar-refractivity contribution is -0.137. The van der Waals surface area contributed by atoms with Crippen LogP contribution in [0.1, 0.15) is 12.5 Å². The van der Waals surface area contributed by atoms with Crippen LogP contribution in [-0.2, 0) is 9.53 Å². The Morgan fingerprint density at radius 3 is 2.53 bits per heavy atom. The van der Waals surface area contributed by atoms with E-state index >= 15 is 0 Å². The summed E-state index contributed by atoms with van der Waals surface area (Å²) in [6.07, 6.45) is 1.31. The fourth-order valence-electron chi connectivity index (χ4n) is 1.26. The van der Waals surface area contributed by atoms with Crippen molar-refractivity contribution in [2.75, 3.05) is 6.61 Å². The van der Waals surface area contributed by atoms with Crippen LogP contribution in [0.15, 0.2) is 29.8 Å². The van der Waals surface area contributed by atoms with Gasteiger partial charge in [-0.05, 0) is 30.7 Å². The maximum atomic E-state index is 11.9. The quantitative estimate of drug-likeness (QED) is 0.467. The highest BCUT2D eigenvalue weighted by atomic mass is 19.3. The van der Waals surface area contributed by atoms with Crippen molar-refractivity contribution in [1.82, 2.24) is 0 Å². The van der Waals surface area contributed by atoms with Crippen molar-refractivity contribution < 1.29 is 23.0 Å². The molecule has 0 spiro atoms. The Balaban J connectivity index is 2.85. The van der Waals surface area contributed by atoms with Gasteiger partial charge in [0.2, 0.25) is 0 Å². The van der Waals surface area contributed by atoms with Gasteiger partial charge in [0.1, 0.15) is 17.4 Å². The zero-order chi connectivity index (χ0) is 14.3. The number of hydrogen-bond acceptors (Lipinski definition) is 4. The van der Waals surface area contributed by atoms with E-state index in [9.17, 15) is 13.6 Å². The van der Waals surface area contributed by atoms with Crippen LogP contribution >= 0.6 is 0 Å². The molecule has 0 fully saturated rings. The minimum atomic E-state index is -2.89. The first-order chi connectivity index (χ1) is 9.06. The first kappa shape index (κ1) is 14.6. The Morgan fingerprint density at radius 2 is 2.05 bits per heavy atom. The molecule has 4 nitrogen and oxygen atoms in total. The number of halogens is 2. The number of esters is 1. The summed E-state index contributed by atoms with van der Waals surface area (Å²) < 4.78 is 32.7. The maximum Gasteiger partial charge on any atom is 0.387 e. The number of rotatable bonds is 5. The molecule has 0 aliphatic carbocycles. The fraction of sp³-hybridized carbons (Fsp3) is 0.231. The number of ether oxygens (including phenoxy) is 2. The van der Waals surface area contributed by atoms with Gasteiger partial charge in [0, 0.05) is 0 Å². The minimum absolute atomic E-state index is 0.00166. The van der Waals surface area contributed by atoms with E-state index < -0.39 is 12.6 Å². The van der Waals surface area contributed by atoms with Crippen LogP contribution in [0, 0.1) is 11.3 Å². The molecule has 19 heavy (non-hydrogen) atoms. The van der Waals surface area contributed by atoms with Gasteiger partial charge in [0.15, 0.2) is 0 Å². The summed E-state index contributed by atoms with van der Waals surface area (Å²) in [6, 6.07) is 7.26. The number of carbonyl (C=O) groups excluding carboxylic acids is 1. The van der Waals surface area contributed by atoms with Crippen molar-refractivity contribution >= 4 is 12.0 Å². The third-order valence-corrected chi connectivity index (χ3v) is 2.03. The fourth-order valence-corrected chi connectivity index (χ4v) is 1.26. The van der Waals surface area contributed by atoms with Crippen LogP contribution in [-0.4, -0.2) is 19.2 Å². The number of alkyl halides is 2. The standard InChI is InChI=1S/C13H11F2NO3/c1-2-18-12(17)10(8-16)7-9-3-5-11(6-4-9)19-13(14)15/h3-7,13H,2H2,1H3. The smallest absolute Gasteiger partial charge is 0.387 e. The summed E-state index contributed by atoms with van der Waals surface area (Å²) in [4.78, 5) is 11.4. The average molecular weight is 267 g/mol. The second-order valence-electron chi connectivity index (χ2n) is 3.34. The molecule has 0 aliphatic heterocycles. The Hall–Kier alpha value is -2.42. The number of carbonyl (C=O) groups is 1. The van der Waals surface area contributed by atoms with Crippen molar-refractivity contribution in [2.24, 2.45) is 0 Å². The highest BCUT2D eigenvalue weighted by Gasteiger charge is 2.09. The molecule has 1 aromatic rings. The van der Waals surface area contributed by atoms with Gasteiger partial charge in [-0.15, -0.1) is 0 Å². The molecule has 1 aromatic carbocycles. The molecule has 100 valence electrons. The lowest BCUT2D eigenvalue weighted by Gasteiger charge is -2.04. The first-order valence-corrected chi connectivity index (χ1v) is 5.40. The van der Waals surface area contributed by atoms with E-state index in [0.29, 0.717) is 5.56 Å². The molecule has 0 bridgehead atoms. The van der Waals surface area contributed by atoms with E-state index in [-0.39, 0.29) is 17.9 Å². The summed E-state index contributed by atoms with van der Waals surface area (Å²) in [7, 11) is 0. The predicted molar refractivity (Wildman–Crippen MR) is 63.3 cm³/mol. The summed E-state index contributed by atoms with van der Waals surface area (Å²) in [5.74, 6) is -0.723. The molecule has 0 saturated heterocycles. The van der Waals surface area contributed by atoms with E-state index in [1.165, 1.54) is 30.3 Å². The van der Waals surface area contributed by atoms with Crippen LogP contribution in [0.5, 0.6) is 5.75 Å². The van der Waals surface area contributed by atoms with Crippen LogP contribution in [0.2, 0.25) is 0 Å². The average Bonchev–Trinajstić information content (AvgIpc) is 2.37. The minimum Gasteiger partial charge on any atom is -0.462 e. The van der Waals surface area contributed by atoms with Gasteiger partial charge in [-0.3, -0.25) is 0 Å². The van der Waals surface area contributed by atoms with Crippen LogP contribution in [0.4, 0.5) is 8.78 Å². The Labute approximate surface area is 108 Å². The van der Waals surface area contributed by atoms with Gasteiger partial charge < -0.3 is 9.47 Å². The molecule has 0 saturated carbocycles. The van der Waals surface area contributed by atoms with Gasteiger partial charge in [0.05, 0.1) is 6.61 Å². The Morgan fingerprint density at radius 1 is 1.42 bits per heavy atom. The number of hydrogen-bond donors (Lipinski definition) is 0. The zero-order valence-electron chi connectivity index (χ0n) is 10.1. The van der Waals surface area contributed by atoms with Gasteiger partial charge in [-0.1, -0.05) is 12.1 Å². The highest BCUT2D eigenvalue weighted by Crippen LogP contribution is 2.16. The van der Waals surface area contributed by atoms with E-state index in [1.807, 2.05) is 0 Å². The molecule has 0 amide bonds. The number of nitriles is 1. The van der Waals surface area contributed by atoms with E-state index in [2.05, 4.69) is 9.47 Å². The van der Waals surface area contributed by atoms with Gasteiger partial charge in [0.25, 0.3) is 0 Å². The molecule has 0 aromatic heterocycles. The van der Waals surface area contributed by atoms with Crippen molar-refractivity contribution in [3.63, 3.8) is 0 Å². The number of benzene rings is 1. The predicted octanol–water partition coefficient (Wildman–Crippen LogP) is 2.76. The van der Waals surface area contributed by atoms with Gasteiger partial charge >= 0.3 is 12.6 Å². The third kappa shape index (κ3) is 4.76. The van der Waals surface area contributed by atoms with Crippen LogP contribution in [0.3, 0.4) is 0 Å². The summed E-state index contributed by atoms with van der Waals surface area (Å²) >= 11 is 0. The molecule has 0 unspecified atom stereocenters. The van der Waals surface area contributed by atoms with Gasteiger partial charge in [-0.2, -0.15) is 14.0 Å². The molecule has 1 rings (SSSR count). The number of nitrogens with zero attached hydrogens (tertiary/aromatic N) is 1. The highest BCUT2D eigenvalue weighted by molar-refractivity contribution is 5.97. The molecule has 0 N–H and O–H groups in total. The molecular weight excluding hydrogens is 256 g/mol. The summed E-state index contributed by atoms with van der Waals surface area (Å²) in [5, 5.41) is 8.81. The van der Waals surface area contributed by atoms with Crippen molar-refractivity contribution in [2.45, 2.75) is 13.5 Å². The van der Waals surface area contributed by atoms with Crippen molar-refractivity contribution in [1.29, 1.82) is 5.26 Å². The lowest BCUT2D eigenvalue weighted by Crippen LogP contribution is -2.06. The second-order valence-corrected chi connectivity index (χ2v) is 3.34. The van der Waals surface area contributed by atoms with Crippen molar-refractivity contribution in [3.05, 3.63) is 35.4 Å². The maximum absolute atomic E-state index is 11.9. The van der Waals surface area contributed by atoms with E-state index in [1.54, 1.807) is 13.0 Å². The van der Waals surface area contributed by atoms with E-state index in [0.717, 1.165) is 0 Å². The third-order valence-electron chi connectivity index (χ3n) is 2.03. The monoisotopic (exact) mass is 267 g/mol. The van der Waals surface area contributed by atoms with Crippen molar-refractivity contribution in [3.8, 4) is 11.8 Å². The Bertz CT molecular complexity index is 504. The van der Waals surface area contributed by atoms with Crippen LogP contribution < -0.4 is 4.74 Å². The molecule has 0 heterocycles. The Kier molecular flexibility index (Phi) is 5.48.